The molecule has 0 spiro atoms. The number of ether oxygens (including phenoxy) is 1. The first kappa shape index (κ1) is 11.2. The second-order valence-electron chi connectivity index (χ2n) is 4.14. The topological polar surface area (TPSA) is 43.4 Å². The molecule has 0 amide bonds. The van der Waals surface area contributed by atoms with Gasteiger partial charge in [-0.3, -0.25) is 9.59 Å². The van der Waals surface area contributed by atoms with Gasteiger partial charge in [0.2, 0.25) is 0 Å². The highest BCUT2D eigenvalue weighted by Crippen LogP contribution is 2.39. The quantitative estimate of drug-likeness (QED) is 0.503. The van der Waals surface area contributed by atoms with Gasteiger partial charge < -0.3 is 4.74 Å². The molecule has 2 atom stereocenters. The summed E-state index contributed by atoms with van der Waals surface area (Å²) in [7, 11) is 0. The molecule has 0 radical (unpaired) electrons. The van der Waals surface area contributed by atoms with Crippen LogP contribution >= 0.6 is 0 Å². The van der Waals surface area contributed by atoms with Crippen LogP contribution in [0.25, 0.3) is 0 Å². The van der Waals surface area contributed by atoms with E-state index in [1.54, 1.807) is 13.8 Å². The van der Waals surface area contributed by atoms with Crippen LogP contribution < -0.4 is 0 Å². The Labute approximate surface area is 84.8 Å². The zero-order valence-electron chi connectivity index (χ0n) is 9.13. The van der Waals surface area contributed by atoms with Gasteiger partial charge in [0.15, 0.2) is 0 Å². The molecule has 1 saturated carbocycles. The number of ketones is 1. The van der Waals surface area contributed by atoms with E-state index in [9.17, 15) is 9.59 Å². The van der Waals surface area contributed by atoms with Crippen molar-refractivity contribution in [2.75, 3.05) is 6.61 Å². The second kappa shape index (κ2) is 4.11. The molecular weight excluding hydrogens is 180 g/mol. The largest absolute Gasteiger partial charge is 0.465 e. The van der Waals surface area contributed by atoms with E-state index in [0.717, 1.165) is 12.8 Å². The Balaban J connectivity index is 2.86. The molecule has 0 unspecified atom stereocenters. The Morgan fingerprint density at radius 3 is 2.79 bits per heavy atom. The Bertz CT molecular complexity index is 247. The summed E-state index contributed by atoms with van der Waals surface area (Å²) in [6, 6.07) is 0. The predicted molar refractivity (Wildman–Crippen MR) is 52.8 cm³/mol. The molecule has 0 aromatic heterocycles. The van der Waals surface area contributed by atoms with Crippen molar-refractivity contribution in [1.82, 2.24) is 0 Å². The van der Waals surface area contributed by atoms with E-state index < -0.39 is 5.41 Å². The van der Waals surface area contributed by atoms with Crippen LogP contribution in [0.3, 0.4) is 0 Å². The number of rotatable bonds is 2. The Morgan fingerprint density at radius 1 is 1.64 bits per heavy atom. The average Bonchev–Trinajstić information content (AvgIpc) is 2.14. The van der Waals surface area contributed by atoms with Crippen molar-refractivity contribution in [2.24, 2.45) is 11.3 Å². The molecule has 1 aliphatic rings. The molecule has 0 aromatic rings. The fraction of sp³-hybridized carbons (Fsp3) is 0.818. The molecule has 1 rings (SSSR count). The van der Waals surface area contributed by atoms with E-state index in [1.165, 1.54) is 0 Å². The summed E-state index contributed by atoms with van der Waals surface area (Å²) in [6.45, 7) is 5.78. The SMILES string of the molecule is CCOC(=O)[C@@]1(C)C(=O)CCC[C@@H]1C. The number of Topliss-reactive ketones (excluding diaryl/α,β-unsaturated/α-hetero) is 1. The summed E-state index contributed by atoms with van der Waals surface area (Å²) in [5.74, 6) is -0.213. The van der Waals surface area contributed by atoms with Crippen molar-refractivity contribution in [1.29, 1.82) is 0 Å². The van der Waals surface area contributed by atoms with E-state index in [2.05, 4.69) is 0 Å². The zero-order valence-corrected chi connectivity index (χ0v) is 9.13. The third-order valence-corrected chi connectivity index (χ3v) is 3.31. The van der Waals surface area contributed by atoms with Crippen LogP contribution in [0.15, 0.2) is 0 Å². The summed E-state index contributed by atoms with van der Waals surface area (Å²) in [6.07, 6.45) is 2.34. The van der Waals surface area contributed by atoms with E-state index >= 15 is 0 Å². The maximum absolute atomic E-state index is 11.7. The fourth-order valence-electron chi connectivity index (χ4n) is 1.99. The lowest BCUT2D eigenvalue weighted by Gasteiger charge is -2.35. The Kier molecular flexibility index (Phi) is 3.29. The molecule has 3 heteroatoms. The Hall–Kier alpha value is -0.860. The van der Waals surface area contributed by atoms with Gasteiger partial charge in [0.25, 0.3) is 0 Å². The minimum atomic E-state index is -0.895. The number of carbonyl (C=O) groups excluding carboxylic acids is 2. The molecule has 0 bridgehead atoms. The number of hydrogen-bond acceptors (Lipinski definition) is 3. The smallest absolute Gasteiger partial charge is 0.319 e. The standard InChI is InChI=1S/C11H18O3/c1-4-14-10(13)11(3)8(2)6-5-7-9(11)12/h8H,4-7H2,1-3H3/t8-,11+/m0/s1. The molecule has 0 N–H and O–H groups in total. The van der Waals surface area contributed by atoms with E-state index in [1.807, 2.05) is 6.92 Å². The van der Waals surface area contributed by atoms with Crippen LogP contribution in [0, 0.1) is 11.3 Å². The van der Waals surface area contributed by atoms with Crippen molar-refractivity contribution in [3.63, 3.8) is 0 Å². The number of hydrogen-bond donors (Lipinski definition) is 0. The lowest BCUT2D eigenvalue weighted by atomic mass is 9.67. The maximum Gasteiger partial charge on any atom is 0.319 e. The van der Waals surface area contributed by atoms with Crippen molar-refractivity contribution in [2.45, 2.75) is 40.0 Å². The van der Waals surface area contributed by atoms with Gasteiger partial charge in [-0.2, -0.15) is 0 Å². The molecule has 1 aliphatic carbocycles. The van der Waals surface area contributed by atoms with Gasteiger partial charge in [-0.15, -0.1) is 0 Å². The van der Waals surface area contributed by atoms with Crippen LogP contribution in [0.1, 0.15) is 40.0 Å². The number of esters is 1. The van der Waals surface area contributed by atoms with Gasteiger partial charge in [-0.1, -0.05) is 6.92 Å². The minimum Gasteiger partial charge on any atom is -0.465 e. The Morgan fingerprint density at radius 2 is 2.29 bits per heavy atom. The summed E-state index contributed by atoms with van der Waals surface area (Å²) in [5, 5.41) is 0. The zero-order chi connectivity index (χ0) is 10.8. The first-order valence-electron chi connectivity index (χ1n) is 5.24. The summed E-state index contributed by atoms with van der Waals surface area (Å²) in [5.41, 5.74) is -0.895. The van der Waals surface area contributed by atoms with E-state index in [-0.39, 0.29) is 17.7 Å². The average molecular weight is 198 g/mol. The lowest BCUT2D eigenvalue weighted by molar-refractivity contribution is -0.164. The third kappa shape index (κ3) is 1.68. The lowest BCUT2D eigenvalue weighted by Crippen LogP contribution is -2.45. The first-order chi connectivity index (χ1) is 6.53. The van der Waals surface area contributed by atoms with Crippen LogP contribution in [-0.2, 0) is 14.3 Å². The molecule has 0 saturated heterocycles. The van der Waals surface area contributed by atoms with Crippen LogP contribution in [0.5, 0.6) is 0 Å². The van der Waals surface area contributed by atoms with Crippen molar-refractivity contribution >= 4 is 11.8 Å². The molecule has 0 aromatic carbocycles. The van der Waals surface area contributed by atoms with Crippen LogP contribution in [0.4, 0.5) is 0 Å². The summed E-state index contributed by atoms with van der Waals surface area (Å²) >= 11 is 0. The summed E-state index contributed by atoms with van der Waals surface area (Å²) in [4.78, 5) is 23.4. The van der Waals surface area contributed by atoms with Gasteiger partial charge >= 0.3 is 5.97 Å². The molecule has 14 heavy (non-hydrogen) atoms. The molecule has 1 fully saturated rings. The molecule has 0 aliphatic heterocycles. The van der Waals surface area contributed by atoms with Crippen molar-refractivity contribution < 1.29 is 14.3 Å². The predicted octanol–water partition coefficient (Wildman–Crippen LogP) is 1.94. The van der Waals surface area contributed by atoms with Gasteiger partial charge in [0.05, 0.1) is 6.61 Å². The highest BCUT2D eigenvalue weighted by atomic mass is 16.5. The van der Waals surface area contributed by atoms with Crippen molar-refractivity contribution in [3.05, 3.63) is 0 Å². The maximum atomic E-state index is 11.7. The van der Waals surface area contributed by atoms with Crippen LogP contribution in [0.2, 0.25) is 0 Å². The third-order valence-electron chi connectivity index (χ3n) is 3.31. The highest BCUT2D eigenvalue weighted by Gasteiger charge is 2.48. The number of carbonyl (C=O) groups is 2. The van der Waals surface area contributed by atoms with Gasteiger partial charge in [0.1, 0.15) is 11.2 Å². The molecule has 80 valence electrons. The second-order valence-corrected chi connectivity index (χ2v) is 4.14. The van der Waals surface area contributed by atoms with Crippen LogP contribution in [-0.4, -0.2) is 18.4 Å². The molecule has 0 heterocycles. The van der Waals surface area contributed by atoms with Gasteiger partial charge in [-0.25, -0.2) is 0 Å². The monoisotopic (exact) mass is 198 g/mol. The van der Waals surface area contributed by atoms with E-state index in [0.29, 0.717) is 13.0 Å². The molecule has 3 nitrogen and oxygen atoms in total. The minimum absolute atomic E-state index is 0.0368. The highest BCUT2D eigenvalue weighted by molar-refractivity contribution is 6.04. The summed E-state index contributed by atoms with van der Waals surface area (Å²) < 4.78 is 4.97. The van der Waals surface area contributed by atoms with Crippen molar-refractivity contribution in [3.8, 4) is 0 Å². The van der Waals surface area contributed by atoms with Gasteiger partial charge in [0, 0.05) is 6.42 Å². The molecular formula is C11H18O3. The van der Waals surface area contributed by atoms with E-state index in [4.69, 9.17) is 4.74 Å². The first-order valence-corrected chi connectivity index (χ1v) is 5.24. The normalized spacial score (nSPS) is 32.8. The fourth-order valence-corrected chi connectivity index (χ4v) is 1.99. The van der Waals surface area contributed by atoms with Gasteiger partial charge in [-0.05, 0) is 32.6 Å².